The Kier molecular flexibility index (Phi) is 6.01. The third kappa shape index (κ3) is 4.37. The smallest absolute Gasteiger partial charge is 0.266 e. The van der Waals surface area contributed by atoms with Gasteiger partial charge in [-0.05, 0) is 42.0 Å². The molecule has 0 radical (unpaired) electrons. The van der Waals surface area contributed by atoms with E-state index in [1.165, 1.54) is 25.3 Å². The number of phenols is 1. The second-order valence-corrected chi connectivity index (χ2v) is 6.45. The zero-order valence-corrected chi connectivity index (χ0v) is 15.7. The highest BCUT2D eigenvalue weighted by Crippen LogP contribution is 2.33. The molecule has 122 valence electrons. The number of phenolic OH excluding ortho intramolecular Hbond substituents is 1. The molecule has 0 heterocycles. The molecular formula is C17H12Br2N2O3. The number of aromatic hydroxyl groups is 1. The van der Waals surface area contributed by atoms with E-state index < -0.39 is 5.91 Å². The summed E-state index contributed by atoms with van der Waals surface area (Å²) in [6.07, 6.45) is 1.42. The number of benzene rings is 2. The molecule has 0 unspecified atom stereocenters. The monoisotopic (exact) mass is 450 g/mol. The van der Waals surface area contributed by atoms with Crippen LogP contribution in [0.2, 0.25) is 0 Å². The lowest BCUT2D eigenvalue weighted by Gasteiger charge is -2.08. The van der Waals surface area contributed by atoms with Crippen molar-refractivity contribution in [3.05, 3.63) is 56.5 Å². The maximum atomic E-state index is 12.3. The Morgan fingerprint density at radius 2 is 2.08 bits per heavy atom. The van der Waals surface area contributed by atoms with Gasteiger partial charge in [-0.15, -0.1) is 0 Å². The summed E-state index contributed by atoms with van der Waals surface area (Å²) in [6.45, 7) is 0. The highest BCUT2D eigenvalue weighted by molar-refractivity contribution is 9.10. The van der Waals surface area contributed by atoms with Gasteiger partial charge in [0.25, 0.3) is 5.91 Å². The van der Waals surface area contributed by atoms with Crippen LogP contribution in [-0.4, -0.2) is 18.1 Å². The molecule has 0 atom stereocenters. The highest BCUT2D eigenvalue weighted by Gasteiger charge is 2.13. The van der Waals surface area contributed by atoms with Gasteiger partial charge in [0, 0.05) is 14.6 Å². The van der Waals surface area contributed by atoms with Crippen molar-refractivity contribution in [3.8, 4) is 17.6 Å². The molecule has 2 aromatic carbocycles. The molecule has 1 amide bonds. The number of amides is 1. The van der Waals surface area contributed by atoms with Crippen LogP contribution in [0.1, 0.15) is 5.56 Å². The van der Waals surface area contributed by atoms with Crippen molar-refractivity contribution in [1.29, 1.82) is 5.26 Å². The fourth-order valence-electron chi connectivity index (χ4n) is 1.90. The van der Waals surface area contributed by atoms with E-state index in [4.69, 9.17) is 4.74 Å². The van der Waals surface area contributed by atoms with Crippen molar-refractivity contribution in [2.24, 2.45) is 0 Å². The Bertz CT molecular complexity index is 857. The number of nitriles is 1. The minimum absolute atomic E-state index is 0.0429. The number of methoxy groups -OCH3 is 1. The standard InChI is InChI=1S/C17H12Br2N2O3/c1-24-16-6-10(14(19)8-15(16)22)5-11(9-20)17(23)21-13-4-2-3-12(18)7-13/h2-8,22H,1H3,(H,21,23)/b11-5-. The molecule has 0 spiro atoms. The first-order valence-corrected chi connectivity index (χ1v) is 8.28. The molecule has 0 saturated heterocycles. The van der Waals surface area contributed by atoms with Gasteiger partial charge in [0.15, 0.2) is 11.5 Å². The lowest BCUT2D eigenvalue weighted by Crippen LogP contribution is -2.13. The Morgan fingerprint density at radius 3 is 2.71 bits per heavy atom. The van der Waals surface area contributed by atoms with E-state index in [1.807, 2.05) is 12.1 Å². The number of ether oxygens (including phenoxy) is 1. The van der Waals surface area contributed by atoms with Crippen LogP contribution in [0.25, 0.3) is 6.08 Å². The zero-order chi connectivity index (χ0) is 17.7. The third-order valence-corrected chi connectivity index (χ3v) is 4.23. The maximum absolute atomic E-state index is 12.3. The summed E-state index contributed by atoms with van der Waals surface area (Å²) in [5.74, 6) is -0.331. The van der Waals surface area contributed by atoms with Gasteiger partial charge in [0.2, 0.25) is 0 Å². The summed E-state index contributed by atoms with van der Waals surface area (Å²) >= 11 is 6.60. The highest BCUT2D eigenvalue weighted by atomic mass is 79.9. The SMILES string of the molecule is COc1cc(/C=C(/C#N)C(=O)Nc2cccc(Br)c2)c(Br)cc1O. The van der Waals surface area contributed by atoms with Crippen LogP contribution in [0.15, 0.2) is 50.9 Å². The summed E-state index contributed by atoms with van der Waals surface area (Å²) in [7, 11) is 1.42. The Balaban J connectivity index is 2.32. The largest absolute Gasteiger partial charge is 0.504 e. The predicted octanol–water partition coefficient (Wildman–Crippen LogP) is 4.47. The third-order valence-electron chi connectivity index (χ3n) is 3.05. The van der Waals surface area contributed by atoms with E-state index >= 15 is 0 Å². The molecule has 0 aliphatic heterocycles. The van der Waals surface area contributed by atoms with Crippen molar-refractivity contribution in [2.75, 3.05) is 12.4 Å². The Hall–Kier alpha value is -2.30. The number of carbonyl (C=O) groups excluding carboxylic acids is 1. The zero-order valence-electron chi connectivity index (χ0n) is 12.5. The number of hydrogen-bond acceptors (Lipinski definition) is 4. The minimum atomic E-state index is -0.533. The van der Waals surface area contributed by atoms with E-state index in [1.54, 1.807) is 18.2 Å². The van der Waals surface area contributed by atoms with Crippen LogP contribution in [-0.2, 0) is 4.79 Å². The van der Waals surface area contributed by atoms with E-state index in [2.05, 4.69) is 37.2 Å². The molecule has 0 saturated carbocycles. The summed E-state index contributed by atoms with van der Waals surface area (Å²) in [5, 5.41) is 21.6. The molecule has 2 aromatic rings. The Labute approximate surface area is 155 Å². The average molecular weight is 452 g/mol. The minimum Gasteiger partial charge on any atom is -0.504 e. The number of hydrogen-bond donors (Lipinski definition) is 2. The molecule has 0 fully saturated rings. The number of rotatable bonds is 4. The first-order valence-electron chi connectivity index (χ1n) is 6.70. The number of halogens is 2. The van der Waals surface area contributed by atoms with Gasteiger partial charge in [-0.3, -0.25) is 4.79 Å². The van der Waals surface area contributed by atoms with Gasteiger partial charge in [-0.1, -0.05) is 37.9 Å². The van der Waals surface area contributed by atoms with Crippen LogP contribution in [0, 0.1) is 11.3 Å². The van der Waals surface area contributed by atoms with Crippen molar-refractivity contribution in [3.63, 3.8) is 0 Å². The average Bonchev–Trinajstić information content (AvgIpc) is 2.54. The second kappa shape index (κ2) is 7.99. The van der Waals surface area contributed by atoms with Crippen LogP contribution in [0.4, 0.5) is 5.69 Å². The number of nitrogens with one attached hydrogen (secondary N) is 1. The first kappa shape index (κ1) is 18.0. The molecule has 0 bridgehead atoms. The summed E-state index contributed by atoms with van der Waals surface area (Å²) in [5.41, 5.74) is 1.02. The van der Waals surface area contributed by atoms with Gasteiger partial charge >= 0.3 is 0 Å². The van der Waals surface area contributed by atoms with E-state index in [-0.39, 0.29) is 17.1 Å². The number of carbonyl (C=O) groups is 1. The quantitative estimate of drug-likeness (QED) is 0.530. The van der Waals surface area contributed by atoms with Gasteiger partial charge in [0.05, 0.1) is 7.11 Å². The molecule has 2 N–H and O–H groups in total. The molecule has 24 heavy (non-hydrogen) atoms. The molecule has 5 nitrogen and oxygen atoms in total. The van der Waals surface area contributed by atoms with Gasteiger partial charge < -0.3 is 15.2 Å². The van der Waals surface area contributed by atoms with Crippen molar-refractivity contribution in [2.45, 2.75) is 0 Å². The van der Waals surface area contributed by atoms with Crippen LogP contribution in [0.3, 0.4) is 0 Å². The van der Waals surface area contributed by atoms with E-state index in [0.29, 0.717) is 15.7 Å². The normalized spacial score (nSPS) is 10.8. The lowest BCUT2D eigenvalue weighted by atomic mass is 10.1. The maximum Gasteiger partial charge on any atom is 0.266 e. The number of nitrogens with zero attached hydrogens (tertiary/aromatic N) is 1. The van der Waals surface area contributed by atoms with Gasteiger partial charge in [0.1, 0.15) is 11.6 Å². The van der Waals surface area contributed by atoms with Gasteiger partial charge in [-0.2, -0.15) is 5.26 Å². The van der Waals surface area contributed by atoms with Crippen molar-refractivity contribution >= 4 is 49.5 Å². The predicted molar refractivity (Wildman–Crippen MR) is 98.7 cm³/mol. The molecule has 0 aliphatic rings. The fraction of sp³-hybridized carbons (Fsp3) is 0.0588. The van der Waals surface area contributed by atoms with Crippen LogP contribution in [0.5, 0.6) is 11.5 Å². The molecule has 0 aliphatic carbocycles. The summed E-state index contributed by atoms with van der Waals surface area (Å²) < 4.78 is 6.38. The van der Waals surface area contributed by atoms with E-state index in [0.717, 1.165) is 4.47 Å². The topological polar surface area (TPSA) is 82.3 Å². The van der Waals surface area contributed by atoms with E-state index in [9.17, 15) is 15.2 Å². The van der Waals surface area contributed by atoms with Gasteiger partial charge in [-0.25, -0.2) is 0 Å². The Morgan fingerprint density at radius 1 is 1.33 bits per heavy atom. The van der Waals surface area contributed by atoms with Crippen LogP contribution >= 0.6 is 31.9 Å². The molecule has 0 aromatic heterocycles. The molecule has 2 rings (SSSR count). The molecule has 7 heteroatoms. The second-order valence-electron chi connectivity index (χ2n) is 4.68. The number of anilines is 1. The van der Waals surface area contributed by atoms with Crippen molar-refractivity contribution in [1.82, 2.24) is 0 Å². The lowest BCUT2D eigenvalue weighted by molar-refractivity contribution is -0.112. The first-order chi connectivity index (χ1) is 11.4. The fourth-order valence-corrected chi connectivity index (χ4v) is 2.75. The van der Waals surface area contributed by atoms with Crippen molar-refractivity contribution < 1.29 is 14.6 Å². The summed E-state index contributed by atoms with van der Waals surface area (Å²) in [6, 6.07) is 11.9. The molecular weight excluding hydrogens is 440 g/mol. The van der Waals surface area contributed by atoms with Crippen LogP contribution < -0.4 is 10.1 Å². The summed E-state index contributed by atoms with van der Waals surface area (Å²) in [4.78, 5) is 12.3.